The van der Waals surface area contributed by atoms with E-state index in [2.05, 4.69) is 10.1 Å². The average molecular weight is 306 g/mol. The quantitative estimate of drug-likeness (QED) is 0.878. The molecular weight excluding hydrogens is 289 g/mol. The molecule has 8 heteroatoms. The first-order chi connectivity index (χ1) is 9.74. The van der Waals surface area contributed by atoms with E-state index in [0.717, 1.165) is 0 Å². The van der Waals surface area contributed by atoms with Gasteiger partial charge >= 0.3 is 12.2 Å². The van der Waals surface area contributed by atoms with E-state index in [1.807, 2.05) is 0 Å². The second-order valence-electron chi connectivity index (χ2n) is 4.47. The molecule has 0 fully saturated rings. The third-order valence-electron chi connectivity index (χ3n) is 2.77. The van der Waals surface area contributed by atoms with Gasteiger partial charge < -0.3 is 20.1 Å². The fourth-order valence-electron chi connectivity index (χ4n) is 1.38. The van der Waals surface area contributed by atoms with Crippen LogP contribution in [0.1, 0.15) is 6.92 Å². The summed E-state index contributed by atoms with van der Waals surface area (Å²) in [4.78, 5) is 13.1. The summed E-state index contributed by atoms with van der Waals surface area (Å²) in [5.41, 5.74) is 0.128. The molecule has 2 amide bonds. The molecule has 0 saturated carbocycles. The lowest BCUT2D eigenvalue weighted by Gasteiger charge is -2.24. The predicted molar refractivity (Wildman–Crippen MR) is 71.3 cm³/mol. The van der Waals surface area contributed by atoms with Gasteiger partial charge in [-0.25, -0.2) is 4.79 Å². The van der Waals surface area contributed by atoms with E-state index in [9.17, 15) is 18.0 Å². The van der Waals surface area contributed by atoms with Crippen LogP contribution in [-0.2, 0) is 0 Å². The van der Waals surface area contributed by atoms with Gasteiger partial charge in [0.2, 0.25) is 0 Å². The Morgan fingerprint density at radius 3 is 2.62 bits per heavy atom. The number of urea groups is 1. The Labute approximate surface area is 120 Å². The molecule has 0 aromatic heterocycles. The van der Waals surface area contributed by atoms with Crippen LogP contribution in [0.5, 0.6) is 5.75 Å². The van der Waals surface area contributed by atoms with Crippen LogP contribution >= 0.6 is 0 Å². The van der Waals surface area contributed by atoms with E-state index in [0.29, 0.717) is 0 Å². The molecule has 0 bridgehead atoms. The number of likely N-dealkylation sites (N-methyl/N-ethyl adjacent to an activating group) is 1. The van der Waals surface area contributed by atoms with Gasteiger partial charge in [-0.15, -0.1) is 0 Å². The lowest BCUT2D eigenvalue weighted by Crippen LogP contribution is -2.40. The minimum absolute atomic E-state index is 0.0757. The molecule has 2 N–H and O–H groups in total. The standard InChI is InChI=1S/C13H17F3N2O3/c1-9(7-19)18(2)12(20)17-10-5-3-4-6-11(10)21-8-13(14,15)16/h3-6,9,19H,7-8H2,1-2H3,(H,17,20). The number of amides is 2. The highest BCUT2D eigenvalue weighted by atomic mass is 19.4. The van der Waals surface area contributed by atoms with Crippen molar-refractivity contribution in [2.24, 2.45) is 0 Å². The highest BCUT2D eigenvalue weighted by Crippen LogP contribution is 2.26. The number of para-hydroxylation sites is 2. The van der Waals surface area contributed by atoms with Crippen molar-refractivity contribution in [3.8, 4) is 5.75 Å². The third kappa shape index (κ3) is 5.50. The minimum atomic E-state index is -4.46. The number of halogens is 3. The number of aliphatic hydroxyl groups is 1. The number of carbonyl (C=O) groups excluding carboxylic acids is 1. The number of ether oxygens (including phenoxy) is 1. The van der Waals surface area contributed by atoms with Gasteiger partial charge in [-0.1, -0.05) is 12.1 Å². The number of nitrogens with one attached hydrogen (secondary N) is 1. The summed E-state index contributed by atoms with van der Waals surface area (Å²) in [6.07, 6.45) is -4.46. The molecule has 1 rings (SSSR count). The molecule has 0 aliphatic heterocycles. The molecule has 0 saturated heterocycles. The smallest absolute Gasteiger partial charge is 0.422 e. The zero-order valence-corrected chi connectivity index (χ0v) is 11.6. The van der Waals surface area contributed by atoms with Crippen molar-refractivity contribution >= 4 is 11.7 Å². The van der Waals surface area contributed by atoms with Crippen LogP contribution in [0.3, 0.4) is 0 Å². The predicted octanol–water partition coefficient (Wildman–Crippen LogP) is 2.47. The number of nitrogens with zero attached hydrogens (tertiary/aromatic N) is 1. The van der Waals surface area contributed by atoms with E-state index in [4.69, 9.17) is 5.11 Å². The SMILES string of the molecule is CC(CO)N(C)C(=O)Nc1ccccc1OCC(F)(F)F. The summed E-state index contributed by atoms with van der Waals surface area (Å²) in [7, 11) is 1.47. The van der Waals surface area contributed by atoms with Crippen LogP contribution in [0.25, 0.3) is 0 Å². The molecule has 1 atom stereocenters. The maximum Gasteiger partial charge on any atom is 0.422 e. The van der Waals surface area contributed by atoms with Gasteiger partial charge in [0.1, 0.15) is 5.75 Å². The van der Waals surface area contributed by atoms with Crippen molar-refractivity contribution in [2.45, 2.75) is 19.1 Å². The first-order valence-electron chi connectivity index (χ1n) is 6.18. The van der Waals surface area contributed by atoms with Crippen LogP contribution in [0, 0.1) is 0 Å². The summed E-state index contributed by atoms with van der Waals surface area (Å²) in [5, 5.41) is 11.4. The molecule has 21 heavy (non-hydrogen) atoms. The fraction of sp³-hybridized carbons (Fsp3) is 0.462. The first kappa shape index (κ1) is 17.1. The van der Waals surface area contributed by atoms with E-state index < -0.39 is 24.9 Å². The summed E-state index contributed by atoms with van der Waals surface area (Å²) in [5.74, 6) is -0.0757. The molecule has 0 heterocycles. The topological polar surface area (TPSA) is 61.8 Å². The number of alkyl halides is 3. The maximum atomic E-state index is 12.2. The summed E-state index contributed by atoms with van der Waals surface area (Å²) >= 11 is 0. The number of aliphatic hydroxyl groups excluding tert-OH is 1. The maximum absolute atomic E-state index is 12.2. The highest BCUT2D eigenvalue weighted by molar-refractivity contribution is 5.91. The number of rotatable bonds is 5. The van der Waals surface area contributed by atoms with Gasteiger partial charge in [-0.3, -0.25) is 0 Å². The van der Waals surface area contributed by atoms with E-state index >= 15 is 0 Å². The van der Waals surface area contributed by atoms with Crippen molar-refractivity contribution < 1.29 is 27.8 Å². The summed E-state index contributed by atoms with van der Waals surface area (Å²) in [6, 6.07) is 4.85. The van der Waals surface area contributed by atoms with Gasteiger partial charge in [0, 0.05) is 7.05 Å². The number of hydrogen-bond donors (Lipinski definition) is 2. The molecule has 5 nitrogen and oxygen atoms in total. The number of hydrogen-bond acceptors (Lipinski definition) is 3. The monoisotopic (exact) mass is 306 g/mol. The number of benzene rings is 1. The Morgan fingerprint density at radius 1 is 1.43 bits per heavy atom. The molecule has 1 unspecified atom stereocenters. The van der Waals surface area contributed by atoms with Gasteiger partial charge in [0.15, 0.2) is 6.61 Å². The average Bonchev–Trinajstić information content (AvgIpc) is 2.43. The molecule has 0 aliphatic rings. The Balaban J connectivity index is 2.77. The van der Waals surface area contributed by atoms with E-state index in [1.165, 1.54) is 30.1 Å². The third-order valence-corrected chi connectivity index (χ3v) is 2.77. The molecule has 1 aromatic carbocycles. The Morgan fingerprint density at radius 2 is 2.05 bits per heavy atom. The highest BCUT2D eigenvalue weighted by Gasteiger charge is 2.29. The van der Waals surface area contributed by atoms with Crippen LogP contribution in [0.15, 0.2) is 24.3 Å². The Bertz CT molecular complexity index is 480. The second kappa shape index (κ2) is 7.16. The number of anilines is 1. The summed E-state index contributed by atoms with van der Waals surface area (Å²) < 4.78 is 41.2. The normalized spacial score (nSPS) is 12.7. The van der Waals surface area contributed by atoms with Crippen molar-refractivity contribution in [2.75, 3.05) is 25.6 Å². The molecular formula is C13H17F3N2O3. The lowest BCUT2D eigenvalue weighted by molar-refractivity contribution is -0.153. The molecule has 0 spiro atoms. The van der Waals surface area contributed by atoms with Crippen LogP contribution in [-0.4, -0.2) is 48.5 Å². The zero-order valence-electron chi connectivity index (χ0n) is 11.6. The largest absolute Gasteiger partial charge is 0.482 e. The Kier molecular flexibility index (Phi) is 5.83. The van der Waals surface area contributed by atoms with Crippen LogP contribution in [0.2, 0.25) is 0 Å². The minimum Gasteiger partial charge on any atom is -0.482 e. The van der Waals surface area contributed by atoms with E-state index in [-0.39, 0.29) is 18.0 Å². The summed E-state index contributed by atoms with van der Waals surface area (Å²) in [6.45, 7) is -0.0372. The van der Waals surface area contributed by atoms with Gasteiger partial charge in [-0.2, -0.15) is 13.2 Å². The van der Waals surface area contributed by atoms with Crippen molar-refractivity contribution in [1.82, 2.24) is 4.90 Å². The molecule has 0 aliphatic carbocycles. The van der Waals surface area contributed by atoms with Crippen molar-refractivity contribution in [1.29, 1.82) is 0 Å². The lowest BCUT2D eigenvalue weighted by atomic mass is 10.3. The van der Waals surface area contributed by atoms with Gasteiger partial charge in [0.25, 0.3) is 0 Å². The molecule has 0 radical (unpaired) electrons. The van der Waals surface area contributed by atoms with Crippen molar-refractivity contribution in [3.05, 3.63) is 24.3 Å². The fourth-order valence-corrected chi connectivity index (χ4v) is 1.38. The molecule has 118 valence electrons. The zero-order chi connectivity index (χ0) is 16.0. The Hall–Kier alpha value is -1.96. The molecule has 1 aromatic rings. The number of carbonyl (C=O) groups is 1. The van der Waals surface area contributed by atoms with Crippen molar-refractivity contribution in [3.63, 3.8) is 0 Å². The first-order valence-corrected chi connectivity index (χ1v) is 6.18. The van der Waals surface area contributed by atoms with Gasteiger partial charge in [-0.05, 0) is 19.1 Å². The van der Waals surface area contributed by atoms with E-state index in [1.54, 1.807) is 13.0 Å². The van der Waals surface area contributed by atoms with Gasteiger partial charge in [0.05, 0.1) is 18.3 Å². The van der Waals surface area contributed by atoms with Crippen LogP contribution < -0.4 is 10.1 Å². The van der Waals surface area contributed by atoms with Crippen LogP contribution in [0.4, 0.5) is 23.7 Å². The second-order valence-corrected chi connectivity index (χ2v) is 4.47.